The van der Waals surface area contributed by atoms with Crippen LogP contribution in [0.4, 0.5) is 4.39 Å². The van der Waals surface area contributed by atoms with Gasteiger partial charge in [0.05, 0.1) is 16.8 Å². The molecule has 96 valence electrons. The molecular weight excluding hydrogens is 249 g/mol. The van der Waals surface area contributed by atoms with Crippen molar-refractivity contribution in [3.05, 3.63) is 29.0 Å². The Morgan fingerprint density at radius 1 is 1.50 bits per heavy atom. The van der Waals surface area contributed by atoms with Gasteiger partial charge >= 0.3 is 0 Å². The number of hydrogen-bond donors (Lipinski definition) is 1. The first-order valence-corrected chi connectivity index (χ1v) is 7.03. The summed E-state index contributed by atoms with van der Waals surface area (Å²) < 4.78 is 14.0. The van der Waals surface area contributed by atoms with E-state index in [1.54, 1.807) is 23.5 Å². The first-order chi connectivity index (χ1) is 8.74. The number of fused-ring (bicyclic) bond motifs is 1. The average molecular weight is 265 g/mol. The molecule has 5 heteroatoms. The van der Waals surface area contributed by atoms with Crippen LogP contribution < -0.4 is 5.73 Å². The molecule has 18 heavy (non-hydrogen) atoms. The van der Waals surface area contributed by atoms with Crippen LogP contribution in [0.5, 0.6) is 0 Å². The van der Waals surface area contributed by atoms with Crippen molar-refractivity contribution in [3.63, 3.8) is 0 Å². The van der Waals surface area contributed by atoms with Gasteiger partial charge in [-0.1, -0.05) is 0 Å². The summed E-state index contributed by atoms with van der Waals surface area (Å²) in [4.78, 5) is 6.93. The third-order valence-corrected chi connectivity index (χ3v) is 4.46. The molecule has 1 aliphatic heterocycles. The van der Waals surface area contributed by atoms with E-state index < -0.39 is 0 Å². The molecule has 3 rings (SSSR count). The van der Waals surface area contributed by atoms with Gasteiger partial charge in [0, 0.05) is 6.54 Å². The standard InChI is InChI=1S/C13H16FN3S/c14-10-1-2-11-12(5-10)18-13(16-11)8-17-4-3-9(6-15)7-17/h1-2,5,9H,3-4,6-8,15H2. The summed E-state index contributed by atoms with van der Waals surface area (Å²) in [6, 6.07) is 4.77. The van der Waals surface area contributed by atoms with Crippen LogP contribution in [0.25, 0.3) is 10.2 Å². The molecule has 1 aromatic heterocycles. The van der Waals surface area contributed by atoms with Crippen molar-refractivity contribution in [1.29, 1.82) is 0 Å². The Balaban J connectivity index is 1.75. The fourth-order valence-electron chi connectivity index (χ4n) is 2.45. The number of likely N-dealkylation sites (tertiary alicyclic amines) is 1. The Kier molecular flexibility index (Phi) is 3.28. The lowest BCUT2D eigenvalue weighted by atomic mass is 10.1. The van der Waals surface area contributed by atoms with E-state index in [9.17, 15) is 4.39 Å². The van der Waals surface area contributed by atoms with Crippen LogP contribution in [-0.2, 0) is 6.54 Å². The fourth-order valence-corrected chi connectivity index (χ4v) is 3.49. The largest absolute Gasteiger partial charge is 0.330 e. The average Bonchev–Trinajstić information content (AvgIpc) is 2.95. The van der Waals surface area contributed by atoms with Crippen LogP contribution in [0.15, 0.2) is 18.2 Å². The Morgan fingerprint density at radius 3 is 3.17 bits per heavy atom. The van der Waals surface area contributed by atoms with Crippen LogP contribution in [0.3, 0.4) is 0 Å². The summed E-state index contributed by atoms with van der Waals surface area (Å²) in [6.07, 6.45) is 1.18. The summed E-state index contributed by atoms with van der Waals surface area (Å²) in [7, 11) is 0. The molecule has 1 fully saturated rings. The molecular formula is C13H16FN3S. The summed E-state index contributed by atoms with van der Waals surface area (Å²) >= 11 is 1.58. The molecule has 0 radical (unpaired) electrons. The molecule has 3 nitrogen and oxygen atoms in total. The summed E-state index contributed by atoms with van der Waals surface area (Å²) in [5, 5.41) is 1.06. The zero-order chi connectivity index (χ0) is 12.5. The van der Waals surface area contributed by atoms with E-state index in [-0.39, 0.29) is 5.82 Å². The van der Waals surface area contributed by atoms with Crippen LogP contribution in [0, 0.1) is 11.7 Å². The number of benzene rings is 1. The predicted octanol–water partition coefficient (Wildman–Crippen LogP) is 2.22. The van der Waals surface area contributed by atoms with E-state index in [1.807, 2.05) is 0 Å². The Morgan fingerprint density at radius 2 is 2.39 bits per heavy atom. The van der Waals surface area contributed by atoms with Gasteiger partial charge in [0.1, 0.15) is 10.8 Å². The maximum absolute atomic E-state index is 13.1. The van der Waals surface area contributed by atoms with Gasteiger partial charge in [0.25, 0.3) is 0 Å². The van der Waals surface area contributed by atoms with E-state index in [0.29, 0.717) is 5.92 Å². The molecule has 0 saturated carbocycles. The third kappa shape index (κ3) is 2.39. The van der Waals surface area contributed by atoms with Crippen LogP contribution in [0.1, 0.15) is 11.4 Å². The SMILES string of the molecule is NCC1CCN(Cc2nc3ccc(F)cc3s2)C1. The van der Waals surface area contributed by atoms with E-state index in [2.05, 4.69) is 9.88 Å². The highest BCUT2D eigenvalue weighted by molar-refractivity contribution is 7.18. The highest BCUT2D eigenvalue weighted by Crippen LogP contribution is 2.25. The van der Waals surface area contributed by atoms with Crippen molar-refractivity contribution in [2.45, 2.75) is 13.0 Å². The Hall–Kier alpha value is -1.04. The quantitative estimate of drug-likeness (QED) is 0.925. The van der Waals surface area contributed by atoms with Gasteiger partial charge in [-0.3, -0.25) is 4.90 Å². The molecule has 1 aromatic carbocycles. The van der Waals surface area contributed by atoms with Gasteiger partial charge in [-0.05, 0) is 43.6 Å². The smallest absolute Gasteiger partial charge is 0.124 e. The zero-order valence-electron chi connectivity index (χ0n) is 10.1. The molecule has 2 aromatic rings. The fraction of sp³-hybridized carbons (Fsp3) is 0.462. The van der Waals surface area contributed by atoms with Crippen LogP contribution >= 0.6 is 11.3 Å². The molecule has 2 heterocycles. The number of rotatable bonds is 3. The monoisotopic (exact) mass is 265 g/mol. The Labute approximate surface area is 109 Å². The number of aromatic nitrogens is 1. The highest BCUT2D eigenvalue weighted by atomic mass is 32.1. The molecule has 1 aliphatic rings. The summed E-state index contributed by atoms with van der Waals surface area (Å²) in [5.74, 6) is 0.430. The van der Waals surface area contributed by atoms with Crippen molar-refractivity contribution in [3.8, 4) is 0 Å². The molecule has 0 spiro atoms. The lowest BCUT2D eigenvalue weighted by Crippen LogP contribution is -2.22. The van der Waals surface area contributed by atoms with Gasteiger partial charge < -0.3 is 5.73 Å². The molecule has 1 atom stereocenters. The van der Waals surface area contributed by atoms with Crippen molar-refractivity contribution >= 4 is 21.6 Å². The highest BCUT2D eigenvalue weighted by Gasteiger charge is 2.22. The third-order valence-electron chi connectivity index (χ3n) is 3.46. The number of thiazole rings is 1. The van der Waals surface area contributed by atoms with E-state index >= 15 is 0 Å². The van der Waals surface area contributed by atoms with E-state index in [0.717, 1.165) is 41.4 Å². The van der Waals surface area contributed by atoms with Crippen molar-refractivity contribution in [1.82, 2.24) is 9.88 Å². The van der Waals surface area contributed by atoms with Crippen molar-refractivity contribution < 1.29 is 4.39 Å². The van der Waals surface area contributed by atoms with Gasteiger partial charge in [0.15, 0.2) is 0 Å². The first kappa shape index (κ1) is 12.0. The zero-order valence-corrected chi connectivity index (χ0v) is 10.9. The van der Waals surface area contributed by atoms with E-state index in [1.165, 1.54) is 12.5 Å². The van der Waals surface area contributed by atoms with Gasteiger partial charge in [-0.15, -0.1) is 11.3 Å². The molecule has 0 bridgehead atoms. The first-order valence-electron chi connectivity index (χ1n) is 6.22. The van der Waals surface area contributed by atoms with Crippen LogP contribution in [0.2, 0.25) is 0 Å². The molecule has 1 saturated heterocycles. The van der Waals surface area contributed by atoms with Crippen LogP contribution in [-0.4, -0.2) is 29.5 Å². The topological polar surface area (TPSA) is 42.1 Å². The maximum Gasteiger partial charge on any atom is 0.124 e. The van der Waals surface area contributed by atoms with Crippen molar-refractivity contribution in [2.75, 3.05) is 19.6 Å². The second-order valence-corrected chi connectivity index (χ2v) is 5.96. The van der Waals surface area contributed by atoms with Gasteiger partial charge in [-0.25, -0.2) is 9.37 Å². The predicted molar refractivity (Wildman–Crippen MR) is 72.0 cm³/mol. The number of halogens is 1. The lowest BCUT2D eigenvalue weighted by Gasteiger charge is -2.13. The second kappa shape index (κ2) is 4.91. The minimum Gasteiger partial charge on any atom is -0.330 e. The Bertz CT molecular complexity index is 554. The molecule has 0 aliphatic carbocycles. The number of hydrogen-bond acceptors (Lipinski definition) is 4. The summed E-state index contributed by atoms with van der Waals surface area (Å²) in [5.41, 5.74) is 6.58. The van der Waals surface area contributed by atoms with E-state index in [4.69, 9.17) is 5.73 Å². The van der Waals surface area contributed by atoms with Gasteiger partial charge in [0.2, 0.25) is 0 Å². The summed E-state index contributed by atoms with van der Waals surface area (Å²) in [6.45, 7) is 3.77. The molecule has 2 N–H and O–H groups in total. The maximum atomic E-state index is 13.1. The number of nitrogens with zero attached hydrogens (tertiary/aromatic N) is 2. The lowest BCUT2D eigenvalue weighted by molar-refractivity contribution is 0.317. The minimum absolute atomic E-state index is 0.193. The van der Waals surface area contributed by atoms with Crippen molar-refractivity contribution in [2.24, 2.45) is 11.7 Å². The number of nitrogens with two attached hydrogens (primary N) is 1. The normalized spacial score (nSPS) is 20.9. The second-order valence-electron chi connectivity index (χ2n) is 4.85. The van der Waals surface area contributed by atoms with Gasteiger partial charge in [-0.2, -0.15) is 0 Å². The molecule has 0 amide bonds. The molecule has 1 unspecified atom stereocenters. The minimum atomic E-state index is -0.193.